The highest BCUT2D eigenvalue weighted by Crippen LogP contribution is 2.15. The van der Waals surface area contributed by atoms with Gasteiger partial charge in [0.2, 0.25) is 0 Å². The molecule has 1 heterocycles. The fraction of sp³-hybridized carbons (Fsp3) is 0.429. The van der Waals surface area contributed by atoms with E-state index >= 15 is 0 Å². The van der Waals surface area contributed by atoms with E-state index in [0.717, 1.165) is 0 Å². The van der Waals surface area contributed by atoms with Crippen LogP contribution < -0.4 is 4.74 Å². The Morgan fingerprint density at radius 3 is 2.38 bits per heavy atom. The third-order valence-corrected chi connectivity index (χ3v) is 1.55. The van der Waals surface area contributed by atoms with Crippen molar-refractivity contribution < 1.29 is 9.47 Å². The molecule has 0 bridgehead atoms. The molecule has 0 atom stereocenters. The van der Waals surface area contributed by atoms with Crippen molar-refractivity contribution in [1.29, 1.82) is 0 Å². The van der Waals surface area contributed by atoms with Crippen molar-refractivity contribution in [2.75, 3.05) is 20.3 Å². The summed E-state index contributed by atoms with van der Waals surface area (Å²) in [5, 5.41) is 0.514. The fourth-order valence-electron chi connectivity index (χ4n) is 0.651. The van der Waals surface area contributed by atoms with Gasteiger partial charge in [-0.25, -0.2) is 0 Å². The number of hydrogen-bond acceptors (Lipinski definition) is 4. The van der Waals surface area contributed by atoms with Gasteiger partial charge in [0.25, 0.3) is 0 Å². The van der Waals surface area contributed by atoms with Crippen LogP contribution in [0.25, 0.3) is 0 Å². The molecule has 0 spiro atoms. The monoisotopic (exact) mass is 222 g/mol. The average molecular weight is 223 g/mol. The first-order chi connectivity index (χ1) is 6.22. The molecular formula is C7H8Cl2N2O2. The van der Waals surface area contributed by atoms with Crippen LogP contribution in [0.2, 0.25) is 10.3 Å². The predicted molar refractivity (Wildman–Crippen MR) is 49.4 cm³/mol. The van der Waals surface area contributed by atoms with Gasteiger partial charge < -0.3 is 9.47 Å². The topological polar surface area (TPSA) is 44.2 Å². The molecule has 0 fully saturated rings. The molecule has 0 radical (unpaired) electrons. The first-order valence-corrected chi connectivity index (χ1v) is 4.30. The molecule has 0 aliphatic heterocycles. The summed E-state index contributed by atoms with van der Waals surface area (Å²) in [5.74, 6) is 0. The Kier molecular flexibility index (Phi) is 4.21. The maximum atomic E-state index is 5.62. The number of aromatic nitrogens is 2. The summed E-state index contributed by atoms with van der Waals surface area (Å²) in [6.45, 7) is 0.834. The van der Waals surface area contributed by atoms with E-state index < -0.39 is 0 Å². The second-order valence-electron chi connectivity index (χ2n) is 2.14. The summed E-state index contributed by atoms with van der Waals surface area (Å²) < 4.78 is 9.87. The van der Waals surface area contributed by atoms with Crippen molar-refractivity contribution in [2.45, 2.75) is 0 Å². The minimum atomic E-state index is 0.162. The van der Waals surface area contributed by atoms with Gasteiger partial charge in [-0.1, -0.05) is 23.2 Å². The molecule has 1 aromatic rings. The van der Waals surface area contributed by atoms with E-state index in [1.54, 1.807) is 7.11 Å². The minimum Gasteiger partial charge on any atom is -0.461 e. The van der Waals surface area contributed by atoms with Gasteiger partial charge in [0.05, 0.1) is 6.61 Å². The molecule has 0 saturated heterocycles. The zero-order valence-corrected chi connectivity index (χ0v) is 8.47. The van der Waals surface area contributed by atoms with Gasteiger partial charge in [-0.05, 0) is 0 Å². The molecular weight excluding hydrogens is 215 g/mol. The average Bonchev–Trinajstić information content (AvgIpc) is 2.03. The van der Waals surface area contributed by atoms with Crippen molar-refractivity contribution in [3.8, 4) is 6.01 Å². The molecule has 1 aromatic heterocycles. The number of nitrogens with zero attached hydrogens (tertiary/aromatic N) is 2. The van der Waals surface area contributed by atoms with E-state index in [4.69, 9.17) is 32.7 Å². The molecule has 13 heavy (non-hydrogen) atoms. The van der Waals surface area contributed by atoms with Crippen molar-refractivity contribution >= 4 is 23.2 Å². The van der Waals surface area contributed by atoms with Crippen molar-refractivity contribution in [3.05, 3.63) is 16.4 Å². The summed E-state index contributed by atoms with van der Waals surface area (Å²) in [6, 6.07) is 1.60. The zero-order valence-electron chi connectivity index (χ0n) is 6.96. The third kappa shape index (κ3) is 3.76. The highest BCUT2D eigenvalue weighted by Gasteiger charge is 2.01. The fourth-order valence-corrected chi connectivity index (χ4v) is 1.06. The van der Waals surface area contributed by atoms with E-state index in [1.165, 1.54) is 6.07 Å². The molecule has 1 rings (SSSR count). The molecule has 0 N–H and O–H groups in total. The maximum absolute atomic E-state index is 5.62. The maximum Gasteiger partial charge on any atom is 0.319 e. The lowest BCUT2D eigenvalue weighted by Crippen LogP contribution is -2.06. The van der Waals surface area contributed by atoms with E-state index in [-0.39, 0.29) is 16.3 Å². The highest BCUT2D eigenvalue weighted by molar-refractivity contribution is 6.33. The molecule has 0 aliphatic carbocycles. The van der Waals surface area contributed by atoms with Crippen LogP contribution in [0, 0.1) is 0 Å². The number of methoxy groups -OCH3 is 1. The van der Waals surface area contributed by atoms with Gasteiger partial charge in [0.1, 0.15) is 16.9 Å². The van der Waals surface area contributed by atoms with Crippen LogP contribution in [0.1, 0.15) is 0 Å². The van der Waals surface area contributed by atoms with Crippen LogP contribution in [-0.2, 0) is 4.74 Å². The molecule has 0 amide bonds. The summed E-state index contributed by atoms with van der Waals surface area (Å²) in [7, 11) is 1.58. The Bertz CT molecular complexity index is 263. The standard InChI is InChI=1S/C7H8Cl2N2O2/c1-12-2-3-13-7-10-5(8)4-6(9)11-7/h4H,2-3H2,1H3. The zero-order chi connectivity index (χ0) is 9.68. The Labute approximate surface area is 85.8 Å². The molecule has 0 unspecified atom stereocenters. The smallest absolute Gasteiger partial charge is 0.319 e. The lowest BCUT2D eigenvalue weighted by molar-refractivity contribution is 0.141. The largest absolute Gasteiger partial charge is 0.461 e. The number of ether oxygens (including phenoxy) is 2. The van der Waals surface area contributed by atoms with E-state index in [2.05, 4.69) is 9.97 Å². The van der Waals surface area contributed by atoms with Crippen molar-refractivity contribution in [2.24, 2.45) is 0 Å². The first-order valence-electron chi connectivity index (χ1n) is 3.54. The second kappa shape index (κ2) is 5.21. The summed E-state index contributed by atoms with van der Waals surface area (Å²) >= 11 is 11.2. The molecule has 0 saturated carbocycles. The van der Waals surface area contributed by atoms with Crippen LogP contribution in [-0.4, -0.2) is 30.3 Å². The lowest BCUT2D eigenvalue weighted by atomic mass is 10.7. The van der Waals surface area contributed by atoms with E-state index in [1.807, 2.05) is 0 Å². The van der Waals surface area contributed by atoms with Crippen LogP contribution in [0.15, 0.2) is 6.07 Å². The summed E-state index contributed by atoms with van der Waals surface area (Å²) in [6.07, 6.45) is 0. The number of hydrogen-bond donors (Lipinski definition) is 0. The third-order valence-electron chi connectivity index (χ3n) is 1.16. The Hall–Kier alpha value is -0.580. The van der Waals surface area contributed by atoms with Crippen LogP contribution >= 0.6 is 23.2 Å². The van der Waals surface area contributed by atoms with Gasteiger partial charge >= 0.3 is 6.01 Å². The highest BCUT2D eigenvalue weighted by atomic mass is 35.5. The molecule has 0 aromatic carbocycles. The quantitative estimate of drug-likeness (QED) is 0.576. The normalized spacial score (nSPS) is 10.1. The van der Waals surface area contributed by atoms with Gasteiger partial charge in [-0.15, -0.1) is 0 Å². The van der Waals surface area contributed by atoms with Crippen molar-refractivity contribution in [3.63, 3.8) is 0 Å². The predicted octanol–water partition coefficient (Wildman–Crippen LogP) is 1.81. The van der Waals surface area contributed by atoms with E-state index in [0.29, 0.717) is 13.2 Å². The van der Waals surface area contributed by atoms with E-state index in [9.17, 15) is 0 Å². The van der Waals surface area contributed by atoms with Crippen LogP contribution in [0.4, 0.5) is 0 Å². The number of halogens is 2. The summed E-state index contributed by atoms with van der Waals surface area (Å²) in [5.41, 5.74) is 0. The van der Waals surface area contributed by atoms with Gasteiger partial charge in [0, 0.05) is 13.2 Å². The molecule has 4 nitrogen and oxygen atoms in total. The van der Waals surface area contributed by atoms with Crippen LogP contribution in [0.5, 0.6) is 6.01 Å². The lowest BCUT2D eigenvalue weighted by Gasteiger charge is -2.03. The van der Waals surface area contributed by atoms with Crippen molar-refractivity contribution in [1.82, 2.24) is 9.97 Å². The summed E-state index contributed by atoms with van der Waals surface area (Å²) in [4.78, 5) is 7.60. The second-order valence-corrected chi connectivity index (χ2v) is 2.91. The Balaban J connectivity index is 2.56. The molecule has 0 aliphatic rings. The first kappa shape index (κ1) is 10.5. The van der Waals surface area contributed by atoms with Gasteiger partial charge in [0.15, 0.2) is 0 Å². The van der Waals surface area contributed by atoms with Gasteiger partial charge in [-0.3, -0.25) is 0 Å². The van der Waals surface area contributed by atoms with Crippen LogP contribution in [0.3, 0.4) is 0 Å². The van der Waals surface area contributed by atoms with Gasteiger partial charge in [-0.2, -0.15) is 9.97 Å². The Morgan fingerprint density at radius 2 is 1.85 bits per heavy atom. The number of rotatable bonds is 4. The molecule has 72 valence electrons. The SMILES string of the molecule is COCCOc1nc(Cl)cc(Cl)n1. The Morgan fingerprint density at radius 1 is 1.23 bits per heavy atom. The minimum absolute atomic E-state index is 0.162. The molecule has 6 heteroatoms.